The minimum atomic E-state index is -0.179. The van der Waals surface area contributed by atoms with Gasteiger partial charge in [-0.05, 0) is 71.6 Å². The van der Waals surface area contributed by atoms with Crippen molar-refractivity contribution in [3.05, 3.63) is 65.5 Å². The van der Waals surface area contributed by atoms with Crippen LogP contribution in [0.15, 0.2) is 48.5 Å². The summed E-state index contributed by atoms with van der Waals surface area (Å²) in [4.78, 5) is 0. The van der Waals surface area contributed by atoms with E-state index in [1.54, 1.807) is 0 Å². The van der Waals surface area contributed by atoms with Crippen molar-refractivity contribution in [3.8, 4) is 11.1 Å². The Morgan fingerprint density at radius 3 is 2.35 bits per heavy atom. The molecule has 1 unspecified atom stereocenters. The molecule has 2 aromatic carbocycles. The van der Waals surface area contributed by atoms with Gasteiger partial charge in [-0.15, -0.1) is 0 Å². The normalized spacial score (nSPS) is 21.2. The molecule has 2 aliphatic carbocycles. The van der Waals surface area contributed by atoms with Crippen LogP contribution < -0.4 is 0 Å². The molecule has 0 aromatic heterocycles. The standard InChI is InChI=1S/C22H23F/c23-22-12-10-17(11-13-22)19-7-9-20-14-18(6-8-21(20)15-19)16-4-2-1-3-5-16/h6-13,15-16,18H,1-5,14H2. The Morgan fingerprint density at radius 2 is 1.57 bits per heavy atom. The molecule has 1 saturated carbocycles. The highest BCUT2D eigenvalue weighted by atomic mass is 19.1. The van der Waals surface area contributed by atoms with E-state index in [4.69, 9.17) is 0 Å². The van der Waals surface area contributed by atoms with Gasteiger partial charge in [0.05, 0.1) is 0 Å². The van der Waals surface area contributed by atoms with Gasteiger partial charge < -0.3 is 0 Å². The molecule has 0 bridgehead atoms. The van der Waals surface area contributed by atoms with E-state index in [0.29, 0.717) is 0 Å². The van der Waals surface area contributed by atoms with Gasteiger partial charge in [-0.1, -0.05) is 55.7 Å². The van der Waals surface area contributed by atoms with Crippen molar-refractivity contribution in [2.75, 3.05) is 0 Å². The van der Waals surface area contributed by atoms with E-state index in [9.17, 15) is 4.39 Å². The molecule has 0 spiro atoms. The van der Waals surface area contributed by atoms with Crippen molar-refractivity contribution in [2.45, 2.75) is 38.5 Å². The van der Waals surface area contributed by atoms with E-state index in [1.165, 1.54) is 67.3 Å². The maximum Gasteiger partial charge on any atom is 0.123 e. The first-order valence-electron chi connectivity index (χ1n) is 8.87. The third kappa shape index (κ3) is 3.10. The molecule has 1 fully saturated rings. The number of benzene rings is 2. The topological polar surface area (TPSA) is 0 Å². The van der Waals surface area contributed by atoms with Crippen molar-refractivity contribution >= 4 is 6.08 Å². The van der Waals surface area contributed by atoms with Gasteiger partial charge in [0.1, 0.15) is 5.82 Å². The largest absolute Gasteiger partial charge is 0.207 e. The molecule has 2 aromatic rings. The van der Waals surface area contributed by atoms with Crippen LogP contribution in [0.25, 0.3) is 17.2 Å². The lowest BCUT2D eigenvalue weighted by Crippen LogP contribution is -2.20. The van der Waals surface area contributed by atoms with Crippen molar-refractivity contribution in [3.63, 3.8) is 0 Å². The summed E-state index contributed by atoms with van der Waals surface area (Å²) in [6.07, 6.45) is 13.0. The van der Waals surface area contributed by atoms with Crippen LogP contribution in [-0.4, -0.2) is 0 Å². The molecule has 118 valence electrons. The van der Waals surface area contributed by atoms with Gasteiger partial charge in [-0.25, -0.2) is 4.39 Å². The number of allylic oxidation sites excluding steroid dienone is 1. The fourth-order valence-corrected chi connectivity index (χ4v) is 4.19. The summed E-state index contributed by atoms with van der Waals surface area (Å²) >= 11 is 0. The number of rotatable bonds is 2. The van der Waals surface area contributed by atoms with Gasteiger partial charge in [0.2, 0.25) is 0 Å². The SMILES string of the molecule is Fc1ccc(-c2ccc3c(c2)C=CC(C2CCCCC2)C3)cc1. The lowest BCUT2D eigenvalue weighted by atomic mass is 9.74. The minimum Gasteiger partial charge on any atom is -0.207 e. The molecule has 2 aliphatic rings. The fraction of sp³-hybridized carbons (Fsp3) is 0.364. The van der Waals surface area contributed by atoms with Crippen LogP contribution >= 0.6 is 0 Å². The third-order valence-corrected chi connectivity index (χ3v) is 5.56. The quantitative estimate of drug-likeness (QED) is 0.614. The first kappa shape index (κ1) is 14.7. The second-order valence-corrected chi connectivity index (χ2v) is 7.05. The molecule has 0 saturated heterocycles. The van der Waals surface area contributed by atoms with Crippen LogP contribution in [-0.2, 0) is 6.42 Å². The predicted molar refractivity (Wildman–Crippen MR) is 94.6 cm³/mol. The molecule has 0 N–H and O–H groups in total. The van der Waals surface area contributed by atoms with Gasteiger partial charge in [-0.3, -0.25) is 0 Å². The molecular formula is C22H23F. The van der Waals surface area contributed by atoms with E-state index in [1.807, 2.05) is 12.1 Å². The highest BCUT2D eigenvalue weighted by molar-refractivity contribution is 5.70. The third-order valence-electron chi connectivity index (χ3n) is 5.56. The summed E-state index contributed by atoms with van der Waals surface area (Å²) in [5, 5.41) is 0. The van der Waals surface area contributed by atoms with E-state index < -0.39 is 0 Å². The Labute approximate surface area is 138 Å². The van der Waals surface area contributed by atoms with E-state index >= 15 is 0 Å². The zero-order valence-electron chi connectivity index (χ0n) is 13.5. The fourth-order valence-electron chi connectivity index (χ4n) is 4.19. The van der Waals surface area contributed by atoms with Gasteiger partial charge in [0.15, 0.2) is 0 Å². The number of hydrogen-bond donors (Lipinski definition) is 0. The van der Waals surface area contributed by atoms with Crippen molar-refractivity contribution in [2.24, 2.45) is 11.8 Å². The van der Waals surface area contributed by atoms with Crippen LogP contribution in [0, 0.1) is 17.7 Å². The molecule has 0 radical (unpaired) electrons. The molecule has 1 heteroatoms. The van der Waals surface area contributed by atoms with Crippen LogP contribution in [0.4, 0.5) is 4.39 Å². The summed E-state index contributed by atoms with van der Waals surface area (Å²) in [6, 6.07) is 13.5. The Morgan fingerprint density at radius 1 is 0.826 bits per heavy atom. The molecule has 4 rings (SSSR count). The van der Waals surface area contributed by atoms with E-state index in [0.717, 1.165) is 17.4 Å². The highest BCUT2D eigenvalue weighted by Gasteiger charge is 2.24. The van der Waals surface area contributed by atoms with Gasteiger partial charge in [-0.2, -0.15) is 0 Å². The van der Waals surface area contributed by atoms with Crippen LogP contribution in [0.3, 0.4) is 0 Å². The Hall–Kier alpha value is -1.89. The summed E-state index contributed by atoms with van der Waals surface area (Å²) in [5.74, 6) is 1.42. The van der Waals surface area contributed by atoms with Crippen LogP contribution in [0.2, 0.25) is 0 Å². The number of fused-ring (bicyclic) bond motifs is 1. The molecular weight excluding hydrogens is 283 g/mol. The molecule has 0 heterocycles. The monoisotopic (exact) mass is 306 g/mol. The maximum absolute atomic E-state index is 13.1. The van der Waals surface area contributed by atoms with Crippen molar-refractivity contribution in [1.82, 2.24) is 0 Å². The first-order chi connectivity index (χ1) is 11.3. The molecule has 0 amide bonds. The Kier molecular flexibility index (Phi) is 4.03. The van der Waals surface area contributed by atoms with Gasteiger partial charge >= 0.3 is 0 Å². The lowest BCUT2D eigenvalue weighted by molar-refractivity contribution is 0.284. The minimum absolute atomic E-state index is 0.179. The first-order valence-corrected chi connectivity index (χ1v) is 8.87. The van der Waals surface area contributed by atoms with E-state index in [-0.39, 0.29) is 5.82 Å². The average Bonchev–Trinajstić information content (AvgIpc) is 2.62. The number of hydrogen-bond acceptors (Lipinski definition) is 0. The Balaban J connectivity index is 1.57. The van der Waals surface area contributed by atoms with Gasteiger partial charge in [0.25, 0.3) is 0 Å². The smallest absolute Gasteiger partial charge is 0.123 e. The van der Waals surface area contributed by atoms with Crippen molar-refractivity contribution < 1.29 is 4.39 Å². The zero-order chi connectivity index (χ0) is 15.6. The van der Waals surface area contributed by atoms with Crippen LogP contribution in [0.5, 0.6) is 0 Å². The highest BCUT2D eigenvalue weighted by Crippen LogP contribution is 2.37. The average molecular weight is 306 g/mol. The molecule has 1 atom stereocenters. The summed E-state index contributed by atoms with van der Waals surface area (Å²) in [5.41, 5.74) is 5.05. The maximum atomic E-state index is 13.1. The summed E-state index contributed by atoms with van der Waals surface area (Å²) in [7, 11) is 0. The second kappa shape index (κ2) is 6.31. The zero-order valence-corrected chi connectivity index (χ0v) is 13.5. The van der Waals surface area contributed by atoms with E-state index in [2.05, 4.69) is 30.4 Å². The molecule has 23 heavy (non-hydrogen) atoms. The predicted octanol–water partition coefficient (Wildman–Crippen LogP) is 6.26. The second-order valence-electron chi connectivity index (χ2n) is 7.05. The Bertz CT molecular complexity index is 705. The molecule has 0 aliphatic heterocycles. The van der Waals surface area contributed by atoms with Crippen molar-refractivity contribution in [1.29, 1.82) is 0 Å². The summed E-state index contributed by atoms with van der Waals surface area (Å²) < 4.78 is 13.1. The van der Waals surface area contributed by atoms with Crippen LogP contribution in [0.1, 0.15) is 43.2 Å². The molecule has 0 nitrogen and oxygen atoms in total. The summed E-state index contributed by atoms with van der Waals surface area (Å²) in [6.45, 7) is 0. The van der Waals surface area contributed by atoms with Gasteiger partial charge in [0, 0.05) is 0 Å². The lowest BCUT2D eigenvalue weighted by Gasteiger charge is -2.31. The number of halogens is 1.